The fourth-order valence-corrected chi connectivity index (χ4v) is 5.53. The predicted octanol–water partition coefficient (Wildman–Crippen LogP) is 7.38. The minimum absolute atomic E-state index is 0.0623. The van der Waals surface area contributed by atoms with E-state index in [2.05, 4.69) is 88.4 Å². The molecule has 2 aromatic carbocycles. The van der Waals surface area contributed by atoms with Crippen LogP contribution in [0.2, 0.25) is 0 Å². The summed E-state index contributed by atoms with van der Waals surface area (Å²) < 4.78 is 13.4. The molecule has 2 rings (SSSR count). The van der Waals surface area contributed by atoms with Gasteiger partial charge < -0.3 is 9.05 Å². The Balaban J connectivity index is 2.42. The summed E-state index contributed by atoms with van der Waals surface area (Å²) in [5.41, 5.74) is 2.41. The van der Waals surface area contributed by atoms with Crippen molar-refractivity contribution in [3.63, 3.8) is 0 Å². The predicted molar refractivity (Wildman–Crippen MR) is 117 cm³/mol. The van der Waals surface area contributed by atoms with Crippen LogP contribution in [-0.2, 0) is 9.05 Å². The van der Waals surface area contributed by atoms with Crippen LogP contribution in [0, 0.1) is 0 Å². The summed E-state index contributed by atoms with van der Waals surface area (Å²) in [6, 6.07) is 21.2. The molecule has 2 nitrogen and oxygen atoms in total. The van der Waals surface area contributed by atoms with Gasteiger partial charge in [-0.25, -0.2) is 0 Å². The maximum Gasteiger partial charge on any atom is 0.117 e. The molecule has 0 fully saturated rings. The van der Waals surface area contributed by atoms with Gasteiger partial charge in [-0.3, -0.25) is 0 Å². The van der Waals surface area contributed by atoms with Gasteiger partial charge in [0, 0.05) is 16.3 Å². The third-order valence-corrected chi connectivity index (χ3v) is 8.34. The van der Waals surface area contributed by atoms with Crippen molar-refractivity contribution < 1.29 is 9.05 Å². The monoisotopic (exact) mass is 390 g/mol. The SMILES string of the molecule is CCP(CC)O[C@@H](c1ccccc1)[C@@H](OP(CC)CC)c1ccccc1. The van der Waals surface area contributed by atoms with Gasteiger partial charge in [-0.15, -0.1) is 0 Å². The average Bonchev–Trinajstić information content (AvgIpc) is 2.72. The first-order chi connectivity index (χ1) is 12.7. The molecule has 0 spiro atoms. The minimum Gasteiger partial charge on any atom is -0.348 e. The van der Waals surface area contributed by atoms with E-state index in [4.69, 9.17) is 9.05 Å². The first-order valence-corrected chi connectivity index (χ1v) is 12.9. The molecule has 0 aromatic heterocycles. The highest BCUT2D eigenvalue weighted by Crippen LogP contribution is 2.52. The van der Waals surface area contributed by atoms with Crippen molar-refractivity contribution in [3.05, 3.63) is 71.8 Å². The van der Waals surface area contributed by atoms with Crippen LogP contribution in [0.25, 0.3) is 0 Å². The molecule has 0 aliphatic rings. The lowest BCUT2D eigenvalue weighted by Crippen LogP contribution is -2.16. The fraction of sp³-hybridized carbons (Fsp3) is 0.455. The molecule has 0 aliphatic heterocycles. The number of benzene rings is 2. The summed E-state index contributed by atoms with van der Waals surface area (Å²) >= 11 is 0. The largest absolute Gasteiger partial charge is 0.348 e. The van der Waals surface area contributed by atoms with Crippen LogP contribution in [-0.4, -0.2) is 24.6 Å². The second kappa shape index (κ2) is 11.8. The zero-order valence-corrected chi connectivity index (χ0v) is 18.3. The zero-order chi connectivity index (χ0) is 18.8. The molecule has 142 valence electrons. The zero-order valence-electron chi connectivity index (χ0n) is 16.5. The smallest absolute Gasteiger partial charge is 0.117 e. The van der Waals surface area contributed by atoms with Gasteiger partial charge in [-0.2, -0.15) is 0 Å². The molecule has 0 unspecified atom stereocenters. The van der Waals surface area contributed by atoms with E-state index in [-0.39, 0.29) is 12.2 Å². The van der Waals surface area contributed by atoms with Crippen LogP contribution in [0.4, 0.5) is 0 Å². The van der Waals surface area contributed by atoms with Gasteiger partial charge in [0.2, 0.25) is 0 Å². The van der Waals surface area contributed by atoms with Crippen molar-refractivity contribution in [1.29, 1.82) is 0 Å². The maximum atomic E-state index is 6.69. The first-order valence-electron chi connectivity index (χ1n) is 9.66. The van der Waals surface area contributed by atoms with Crippen molar-refractivity contribution in [2.75, 3.05) is 24.6 Å². The molecule has 0 heterocycles. The van der Waals surface area contributed by atoms with E-state index in [1.165, 1.54) is 11.1 Å². The van der Waals surface area contributed by atoms with Crippen LogP contribution in [0.15, 0.2) is 60.7 Å². The Hall–Kier alpha value is -0.780. The lowest BCUT2D eigenvalue weighted by atomic mass is 9.98. The van der Waals surface area contributed by atoms with Crippen LogP contribution in [0.3, 0.4) is 0 Å². The molecule has 0 saturated carbocycles. The highest BCUT2D eigenvalue weighted by molar-refractivity contribution is 7.52. The normalized spacial score (nSPS) is 13.9. The molecule has 4 heteroatoms. The van der Waals surface area contributed by atoms with Crippen LogP contribution < -0.4 is 0 Å². The van der Waals surface area contributed by atoms with Gasteiger partial charge in [0.25, 0.3) is 0 Å². The Morgan fingerprint density at radius 1 is 0.577 bits per heavy atom. The van der Waals surface area contributed by atoms with Crippen LogP contribution in [0.1, 0.15) is 51.0 Å². The molecule has 0 N–H and O–H groups in total. The van der Waals surface area contributed by atoms with E-state index in [1.54, 1.807) is 0 Å². The second-order valence-corrected chi connectivity index (χ2v) is 11.0. The lowest BCUT2D eigenvalue weighted by molar-refractivity contribution is 0.0704. The van der Waals surface area contributed by atoms with E-state index in [1.807, 2.05) is 0 Å². The van der Waals surface area contributed by atoms with E-state index in [9.17, 15) is 0 Å². The Labute approximate surface area is 162 Å². The molecular weight excluding hydrogens is 358 g/mol. The lowest BCUT2D eigenvalue weighted by Gasteiger charge is -2.33. The quantitative estimate of drug-likeness (QED) is 0.373. The highest BCUT2D eigenvalue weighted by Gasteiger charge is 2.30. The Kier molecular flexibility index (Phi) is 9.79. The van der Waals surface area contributed by atoms with E-state index in [0.29, 0.717) is 0 Å². The third kappa shape index (κ3) is 6.14. The second-order valence-electron chi connectivity index (χ2n) is 6.10. The number of hydrogen-bond acceptors (Lipinski definition) is 2. The summed E-state index contributed by atoms with van der Waals surface area (Å²) in [6.07, 6.45) is 4.18. The topological polar surface area (TPSA) is 18.5 Å². The van der Waals surface area contributed by atoms with E-state index < -0.39 is 16.3 Å². The van der Waals surface area contributed by atoms with Crippen molar-refractivity contribution in [1.82, 2.24) is 0 Å². The highest BCUT2D eigenvalue weighted by atomic mass is 31.1. The summed E-state index contributed by atoms with van der Waals surface area (Å²) in [7, 11) is -0.897. The van der Waals surface area contributed by atoms with Crippen LogP contribution >= 0.6 is 16.3 Å². The first kappa shape index (κ1) is 21.5. The van der Waals surface area contributed by atoms with E-state index in [0.717, 1.165) is 24.6 Å². The standard InChI is InChI=1S/C22H32O2P2/c1-5-25(6-2)23-21(19-15-11-9-12-16-19)22(24-26(7-3)8-4)20-17-13-10-14-18-20/h9-18,21-22H,5-8H2,1-4H3/t21-,22-/m0/s1. The van der Waals surface area contributed by atoms with Crippen molar-refractivity contribution >= 4 is 16.3 Å². The molecular formula is C22H32O2P2. The third-order valence-electron chi connectivity index (χ3n) is 4.47. The minimum atomic E-state index is -0.448. The molecule has 0 saturated heterocycles. The molecule has 26 heavy (non-hydrogen) atoms. The van der Waals surface area contributed by atoms with Crippen molar-refractivity contribution in [2.45, 2.75) is 39.9 Å². The summed E-state index contributed by atoms with van der Waals surface area (Å²) in [5.74, 6) is 0. The Bertz CT molecular complexity index is 543. The Morgan fingerprint density at radius 2 is 0.885 bits per heavy atom. The number of rotatable bonds is 11. The molecule has 0 amide bonds. The summed E-state index contributed by atoms with van der Waals surface area (Å²) in [4.78, 5) is 0. The van der Waals surface area contributed by atoms with Gasteiger partial charge in [0.1, 0.15) is 12.2 Å². The van der Waals surface area contributed by atoms with Gasteiger partial charge >= 0.3 is 0 Å². The van der Waals surface area contributed by atoms with Crippen molar-refractivity contribution in [2.24, 2.45) is 0 Å². The molecule has 0 bridgehead atoms. The number of hydrogen-bond donors (Lipinski definition) is 0. The Morgan fingerprint density at radius 3 is 1.15 bits per heavy atom. The molecule has 0 aliphatic carbocycles. The van der Waals surface area contributed by atoms with Crippen LogP contribution in [0.5, 0.6) is 0 Å². The van der Waals surface area contributed by atoms with Gasteiger partial charge in [0.05, 0.1) is 0 Å². The van der Waals surface area contributed by atoms with Gasteiger partial charge in [-0.1, -0.05) is 88.4 Å². The molecule has 2 atom stereocenters. The fourth-order valence-electron chi connectivity index (χ4n) is 2.93. The average molecular weight is 390 g/mol. The van der Waals surface area contributed by atoms with Gasteiger partial charge in [-0.05, 0) is 35.8 Å². The summed E-state index contributed by atoms with van der Waals surface area (Å²) in [5, 5.41) is 0. The summed E-state index contributed by atoms with van der Waals surface area (Å²) in [6.45, 7) is 8.89. The van der Waals surface area contributed by atoms with Gasteiger partial charge in [0.15, 0.2) is 0 Å². The van der Waals surface area contributed by atoms with E-state index >= 15 is 0 Å². The van der Waals surface area contributed by atoms with Crippen molar-refractivity contribution in [3.8, 4) is 0 Å². The maximum absolute atomic E-state index is 6.69. The molecule has 0 radical (unpaired) electrons. The molecule has 2 aromatic rings.